The number of nitrogens with one attached hydrogen (secondary N) is 1. The molecule has 7 heteroatoms. The van der Waals surface area contributed by atoms with Crippen LogP contribution in [0.3, 0.4) is 0 Å². The first-order chi connectivity index (χ1) is 13.0. The van der Waals surface area contributed by atoms with Crippen LogP contribution in [-0.4, -0.2) is 35.7 Å². The van der Waals surface area contributed by atoms with Gasteiger partial charge in [0.1, 0.15) is 11.4 Å². The summed E-state index contributed by atoms with van der Waals surface area (Å²) < 4.78 is 6.26. The minimum atomic E-state index is -0.242. The molecule has 0 aliphatic heterocycles. The van der Waals surface area contributed by atoms with Crippen LogP contribution in [0.25, 0.3) is 21.3 Å². The molecule has 2 aromatic heterocycles. The molecule has 0 fully saturated rings. The molecule has 3 aromatic rings. The van der Waals surface area contributed by atoms with Crippen molar-refractivity contribution in [1.29, 1.82) is 0 Å². The number of nitrogens with zero attached hydrogens (tertiary/aromatic N) is 2. The first-order valence-corrected chi connectivity index (χ1v) is 9.72. The quantitative estimate of drug-likeness (QED) is 0.635. The normalized spacial score (nSPS) is 11.3. The minimum Gasteiger partial charge on any atom is -0.383 e. The molecule has 1 N–H and O–H groups in total. The van der Waals surface area contributed by atoms with Crippen molar-refractivity contribution in [3.05, 3.63) is 51.9 Å². The van der Waals surface area contributed by atoms with Crippen molar-refractivity contribution in [1.82, 2.24) is 14.9 Å². The molecule has 0 saturated heterocycles. The summed E-state index contributed by atoms with van der Waals surface area (Å²) in [6.45, 7) is 5.07. The highest BCUT2D eigenvalue weighted by Crippen LogP contribution is 2.31. The summed E-state index contributed by atoms with van der Waals surface area (Å²) in [7, 11) is 1.57. The molecular weight excluding hydrogens is 362 g/mol. The number of hydrogen-bond donors (Lipinski definition) is 1. The molecule has 2 heterocycles. The zero-order valence-corrected chi connectivity index (χ0v) is 16.5. The molecule has 0 radical (unpaired) electrons. The van der Waals surface area contributed by atoms with Crippen LogP contribution in [0.5, 0.6) is 0 Å². The molecule has 0 saturated carbocycles. The lowest BCUT2D eigenvalue weighted by Crippen LogP contribution is -2.34. The Bertz CT molecular complexity index is 990. The van der Waals surface area contributed by atoms with Crippen LogP contribution in [0.4, 0.5) is 0 Å². The third-order valence-electron chi connectivity index (χ3n) is 4.39. The Hall–Kier alpha value is -2.51. The molecule has 3 rings (SSSR count). The summed E-state index contributed by atoms with van der Waals surface area (Å²) >= 11 is 1.44. The number of hydrogen-bond acceptors (Lipinski definition) is 5. The Morgan fingerprint density at radius 1 is 1.30 bits per heavy atom. The summed E-state index contributed by atoms with van der Waals surface area (Å²) in [5.74, 6) is 0.210. The number of fused-ring (bicyclic) bond motifs is 1. The van der Waals surface area contributed by atoms with Crippen molar-refractivity contribution < 1.29 is 9.53 Å². The predicted octanol–water partition coefficient (Wildman–Crippen LogP) is 3.01. The molecule has 0 atom stereocenters. The van der Waals surface area contributed by atoms with E-state index in [1.165, 1.54) is 27.8 Å². The van der Waals surface area contributed by atoms with E-state index in [0.29, 0.717) is 29.3 Å². The van der Waals surface area contributed by atoms with Crippen LogP contribution >= 0.6 is 11.3 Å². The fourth-order valence-corrected chi connectivity index (χ4v) is 3.75. The zero-order chi connectivity index (χ0) is 19.4. The van der Waals surface area contributed by atoms with Crippen LogP contribution in [0.1, 0.15) is 25.3 Å². The second-order valence-electron chi connectivity index (χ2n) is 6.63. The summed E-state index contributed by atoms with van der Waals surface area (Å²) in [5.41, 5.74) is 2.89. The minimum absolute atomic E-state index is 0.0624. The van der Waals surface area contributed by atoms with Gasteiger partial charge in [-0.05, 0) is 17.0 Å². The van der Waals surface area contributed by atoms with Crippen LogP contribution in [0, 0.1) is 0 Å². The van der Waals surface area contributed by atoms with Crippen molar-refractivity contribution in [3.63, 3.8) is 0 Å². The number of thiophene rings is 1. The van der Waals surface area contributed by atoms with Crippen molar-refractivity contribution in [2.24, 2.45) is 0 Å². The molecule has 0 aliphatic carbocycles. The van der Waals surface area contributed by atoms with Crippen LogP contribution in [0.2, 0.25) is 0 Å². The standard InChI is InChI=1S/C20H23N3O3S/c1-13(2)14-4-6-15(7-5-14)16-11-27-19-18(16)20(25)23(12-22-19)10-17(24)21-8-9-26-3/h4-7,11-13H,8-10H2,1-3H3,(H,21,24). The molecule has 0 bridgehead atoms. The molecule has 1 aromatic carbocycles. The number of methoxy groups -OCH3 is 1. The van der Waals surface area contributed by atoms with Gasteiger partial charge in [-0.1, -0.05) is 38.1 Å². The Morgan fingerprint density at radius 3 is 2.70 bits per heavy atom. The summed E-state index contributed by atoms with van der Waals surface area (Å²) in [5, 5.41) is 5.23. The highest BCUT2D eigenvalue weighted by atomic mass is 32.1. The highest BCUT2D eigenvalue weighted by molar-refractivity contribution is 7.17. The number of aromatic nitrogens is 2. The van der Waals surface area contributed by atoms with Gasteiger partial charge in [-0.2, -0.15) is 0 Å². The van der Waals surface area contributed by atoms with Gasteiger partial charge in [-0.3, -0.25) is 14.2 Å². The molecule has 0 spiro atoms. The number of carbonyl (C=O) groups excluding carboxylic acids is 1. The van der Waals surface area contributed by atoms with Crippen molar-refractivity contribution in [2.45, 2.75) is 26.3 Å². The number of benzene rings is 1. The second-order valence-corrected chi connectivity index (χ2v) is 7.48. The summed E-state index contributed by atoms with van der Waals surface area (Å²) in [4.78, 5) is 30.0. The van der Waals surface area contributed by atoms with Gasteiger partial charge >= 0.3 is 0 Å². The van der Waals surface area contributed by atoms with Crippen LogP contribution in [-0.2, 0) is 16.1 Å². The maximum Gasteiger partial charge on any atom is 0.263 e. The van der Waals surface area contributed by atoms with E-state index in [1.807, 2.05) is 17.5 Å². The fourth-order valence-electron chi connectivity index (χ4n) is 2.84. The molecule has 0 unspecified atom stereocenters. The van der Waals surface area contributed by atoms with Crippen LogP contribution < -0.4 is 10.9 Å². The third-order valence-corrected chi connectivity index (χ3v) is 5.28. The Kier molecular flexibility index (Phi) is 6.03. The predicted molar refractivity (Wildman–Crippen MR) is 108 cm³/mol. The van der Waals surface area contributed by atoms with Gasteiger partial charge in [0, 0.05) is 24.6 Å². The lowest BCUT2D eigenvalue weighted by molar-refractivity contribution is -0.121. The lowest BCUT2D eigenvalue weighted by atomic mass is 9.99. The lowest BCUT2D eigenvalue weighted by Gasteiger charge is -2.08. The topological polar surface area (TPSA) is 73.2 Å². The first kappa shape index (κ1) is 19.3. The molecular formula is C20H23N3O3S. The van der Waals surface area contributed by atoms with Gasteiger partial charge in [0.15, 0.2) is 0 Å². The van der Waals surface area contributed by atoms with E-state index >= 15 is 0 Å². The number of carbonyl (C=O) groups is 1. The fraction of sp³-hybridized carbons (Fsp3) is 0.350. The smallest absolute Gasteiger partial charge is 0.263 e. The van der Waals surface area contributed by atoms with E-state index in [1.54, 1.807) is 7.11 Å². The van der Waals surface area contributed by atoms with E-state index in [4.69, 9.17) is 4.74 Å². The van der Waals surface area contributed by atoms with Gasteiger partial charge in [0.25, 0.3) is 5.56 Å². The van der Waals surface area contributed by atoms with E-state index in [2.05, 4.69) is 36.3 Å². The van der Waals surface area contributed by atoms with Crippen molar-refractivity contribution in [2.75, 3.05) is 20.3 Å². The van der Waals surface area contributed by atoms with Crippen molar-refractivity contribution in [3.8, 4) is 11.1 Å². The largest absolute Gasteiger partial charge is 0.383 e. The Labute approximate surface area is 161 Å². The third kappa shape index (κ3) is 4.26. The summed E-state index contributed by atoms with van der Waals surface area (Å²) in [6.07, 6.45) is 1.43. The molecule has 1 amide bonds. The number of ether oxygens (including phenoxy) is 1. The maximum atomic E-state index is 12.9. The van der Waals surface area contributed by atoms with E-state index in [0.717, 1.165) is 11.1 Å². The number of rotatable bonds is 7. The summed E-state index contributed by atoms with van der Waals surface area (Å²) in [6, 6.07) is 8.24. The molecule has 6 nitrogen and oxygen atoms in total. The van der Waals surface area contributed by atoms with Crippen molar-refractivity contribution >= 4 is 27.5 Å². The average molecular weight is 385 g/mol. The monoisotopic (exact) mass is 385 g/mol. The Balaban J connectivity index is 1.92. The molecule has 142 valence electrons. The van der Waals surface area contributed by atoms with E-state index in [-0.39, 0.29) is 18.0 Å². The van der Waals surface area contributed by atoms with Gasteiger partial charge in [-0.15, -0.1) is 11.3 Å². The maximum absolute atomic E-state index is 12.9. The second kappa shape index (κ2) is 8.45. The zero-order valence-electron chi connectivity index (χ0n) is 15.7. The average Bonchev–Trinajstić information content (AvgIpc) is 3.09. The van der Waals surface area contributed by atoms with E-state index in [9.17, 15) is 9.59 Å². The van der Waals surface area contributed by atoms with Gasteiger partial charge in [0.05, 0.1) is 18.3 Å². The van der Waals surface area contributed by atoms with Gasteiger partial charge in [-0.25, -0.2) is 4.98 Å². The first-order valence-electron chi connectivity index (χ1n) is 8.84. The van der Waals surface area contributed by atoms with E-state index < -0.39 is 0 Å². The van der Waals surface area contributed by atoms with Crippen LogP contribution in [0.15, 0.2) is 40.8 Å². The van der Waals surface area contributed by atoms with Gasteiger partial charge < -0.3 is 10.1 Å². The molecule has 0 aliphatic rings. The highest BCUT2D eigenvalue weighted by Gasteiger charge is 2.15. The number of amides is 1. The van der Waals surface area contributed by atoms with Gasteiger partial charge in [0.2, 0.25) is 5.91 Å². The SMILES string of the molecule is COCCNC(=O)Cn1cnc2scc(-c3ccc(C(C)C)cc3)c2c1=O. The Morgan fingerprint density at radius 2 is 2.04 bits per heavy atom. The molecule has 27 heavy (non-hydrogen) atoms.